The third kappa shape index (κ3) is 4.51. The standard InChI is InChI=1S/C14H13ClFNOS2/c15-13-7-11(16)1-2-12(13)14(18)17-4-6-20-9-10-3-5-19-8-10/h1-3,5,7-8H,4,6,9H2,(H,17,18). The van der Waals surface area contributed by atoms with Gasteiger partial charge in [0.15, 0.2) is 0 Å². The summed E-state index contributed by atoms with van der Waals surface area (Å²) in [5.74, 6) is 1.04. The Bertz CT molecular complexity index is 575. The quantitative estimate of drug-likeness (QED) is 0.805. The van der Waals surface area contributed by atoms with Crippen molar-refractivity contribution in [1.82, 2.24) is 5.32 Å². The lowest BCUT2D eigenvalue weighted by Gasteiger charge is -2.06. The molecule has 0 saturated heterocycles. The van der Waals surface area contributed by atoms with Gasteiger partial charge in [-0.3, -0.25) is 4.79 Å². The summed E-state index contributed by atoms with van der Waals surface area (Å²) in [6, 6.07) is 5.86. The van der Waals surface area contributed by atoms with Gasteiger partial charge >= 0.3 is 0 Å². The van der Waals surface area contributed by atoms with Crippen LogP contribution in [0.1, 0.15) is 15.9 Å². The van der Waals surface area contributed by atoms with Crippen LogP contribution in [0.5, 0.6) is 0 Å². The predicted octanol–water partition coefficient (Wildman–Crippen LogP) is 4.20. The van der Waals surface area contributed by atoms with Crippen LogP contribution in [0.4, 0.5) is 4.39 Å². The van der Waals surface area contributed by atoms with Crippen LogP contribution in [0, 0.1) is 5.82 Å². The molecule has 2 aromatic rings. The number of hydrogen-bond donors (Lipinski definition) is 1. The van der Waals surface area contributed by atoms with Crippen molar-refractivity contribution < 1.29 is 9.18 Å². The van der Waals surface area contributed by atoms with Crippen molar-refractivity contribution in [3.8, 4) is 0 Å². The molecule has 0 aliphatic carbocycles. The molecule has 1 aromatic carbocycles. The molecule has 0 atom stereocenters. The molecule has 20 heavy (non-hydrogen) atoms. The molecule has 2 nitrogen and oxygen atoms in total. The molecular formula is C14H13ClFNOS2. The van der Waals surface area contributed by atoms with Crippen LogP contribution < -0.4 is 5.32 Å². The van der Waals surface area contributed by atoms with Crippen molar-refractivity contribution in [3.05, 3.63) is 57.0 Å². The maximum absolute atomic E-state index is 12.9. The summed E-state index contributed by atoms with van der Waals surface area (Å²) in [7, 11) is 0. The van der Waals surface area contributed by atoms with E-state index in [-0.39, 0.29) is 10.9 Å². The molecule has 0 fully saturated rings. The monoisotopic (exact) mass is 329 g/mol. The SMILES string of the molecule is O=C(NCCSCc1ccsc1)c1ccc(F)cc1Cl. The average molecular weight is 330 g/mol. The van der Waals surface area contributed by atoms with E-state index in [1.165, 1.54) is 17.7 Å². The number of nitrogens with one attached hydrogen (secondary N) is 1. The molecule has 1 aromatic heterocycles. The Labute approximate surface area is 130 Å². The minimum absolute atomic E-state index is 0.133. The van der Waals surface area contributed by atoms with Crippen molar-refractivity contribution in [2.75, 3.05) is 12.3 Å². The van der Waals surface area contributed by atoms with Crippen LogP contribution >= 0.6 is 34.7 Å². The highest BCUT2D eigenvalue weighted by molar-refractivity contribution is 7.98. The molecule has 6 heteroatoms. The minimum atomic E-state index is -0.446. The first-order valence-corrected chi connectivity index (χ1v) is 8.46. The summed E-state index contributed by atoms with van der Waals surface area (Å²) in [6.07, 6.45) is 0. The van der Waals surface area contributed by atoms with Crippen LogP contribution in [0.2, 0.25) is 5.02 Å². The first kappa shape index (κ1) is 15.4. The maximum Gasteiger partial charge on any atom is 0.252 e. The summed E-state index contributed by atoms with van der Waals surface area (Å²) in [4.78, 5) is 11.8. The molecular weight excluding hydrogens is 317 g/mol. The van der Waals surface area contributed by atoms with E-state index in [1.54, 1.807) is 23.1 Å². The molecule has 1 heterocycles. The highest BCUT2D eigenvalue weighted by atomic mass is 35.5. The number of carbonyl (C=O) groups is 1. The number of carbonyl (C=O) groups excluding carboxylic acids is 1. The van der Waals surface area contributed by atoms with E-state index in [2.05, 4.69) is 16.8 Å². The number of benzene rings is 1. The first-order chi connectivity index (χ1) is 9.66. The Kier molecular flexibility index (Phi) is 5.88. The van der Waals surface area contributed by atoms with E-state index < -0.39 is 5.82 Å². The van der Waals surface area contributed by atoms with E-state index in [9.17, 15) is 9.18 Å². The van der Waals surface area contributed by atoms with Crippen molar-refractivity contribution in [2.24, 2.45) is 0 Å². The second-order valence-electron chi connectivity index (χ2n) is 4.06. The first-order valence-electron chi connectivity index (χ1n) is 5.99. The fraction of sp³-hybridized carbons (Fsp3) is 0.214. The molecule has 1 amide bonds. The highest BCUT2D eigenvalue weighted by Gasteiger charge is 2.10. The van der Waals surface area contributed by atoms with E-state index in [0.717, 1.165) is 17.6 Å². The average Bonchev–Trinajstić information content (AvgIpc) is 2.91. The van der Waals surface area contributed by atoms with Gasteiger partial charge in [-0.05, 0) is 40.6 Å². The molecule has 0 aliphatic heterocycles. The van der Waals surface area contributed by atoms with Crippen LogP contribution in [-0.2, 0) is 5.75 Å². The molecule has 0 saturated carbocycles. The fourth-order valence-electron chi connectivity index (χ4n) is 1.57. The number of hydrogen-bond acceptors (Lipinski definition) is 3. The largest absolute Gasteiger partial charge is 0.351 e. The topological polar surface area (TPSA) is 29.1 Å². The van der Waals surface area contributed by atoms with Gasteiger partial charge in [0.25, 0.3) is 5.91 Å². The molecule has 1 N–H and O–H groups in total. The Morgan fingerprint density at radius 3 is 2.95 bits per heavy atom. The summed E-state index contributed by atoms with van der Waals surface area (Å²) < 4.78 is 12.9. The van der Waals surface area contributed by atoms with Gasteiger partial charge in [-0.25, -0.2) is 4.39 Å². The van der Waals surface area contributed by atoms with Crippen LogP contribution in [0.15, 0.2) is 35.0 Å². The van der Waals surface area contributed by atoms with E-state index in [4.69, 9.17) is 11.6 Å². The lowest BCUT2D eigenvalue weighted by atomic mass is 10.2. The van der Waals surface area contributed by atoms with Gasteiger partial charge in [-0.1, -0.05) is 11.6 Å². The van der Waals surface area contributed by atoms with E-state index >= 15 is 0 Å². The second kappa shape index (κ2) is 7.67. The molecule has 2 rings (SSSR count). The lowest BCUT2D eigenvalue weighted by Crippen LogP contribution is -2.26. The van der Waals surface area contributed by atoms with Crippen molar-refractivity contribution >= 4 is 40.6 Å². The van der Waals surface area contributed by atoms with Gasteiger partial charge in [0.2, 0.25) is 0 Å². The molecule has 0 unspecified atom stereocenters. The number of rotatable bonds is 6. The van der Waals surface area contributed by atoms with Gasteiger partial charge in [0, 0.05) is 18.1 Å². The molecule has 0 aliphatic rings. The third-order valence-corrected chi connectivity index (χ3v) is 4.63. The summed E-state index contributed by atoms with van der Waals surface area (Å²) >= 11 is 9.26. The second-order valence-corrected chi connectivity index (χ2v) is 6.36. The van der Waals surface area contributed by atoms with Crippen LogP contribution in [0.25, 0.3) is 0 Å². The van der Waals surface area contributed by atoms with Gasteiger partial charge in [0.1, 0.15) is 5.82 Å². The molecule has 0 bridgehead atoms. The third-order valence-electron chi connectivity index (χ3n) is 2.56. The molecule has 106 valence electrons. The summed E-state index contributed by atoms with van der Waals surface area (Å²) in [5.41, 5.74) is 1.60. The zero-order chi connectivity index (χ0) is 14.4. The van der Waals surface area contributed by atoms with E-state index in [1.807, 2.05) is 5.38 Å². The van der Waals surface area contributed by atoms with Crippen LogP contribution in [0.3, 0.4) is 0 Å². The highest BCUT2D eigenvalue weighted by Crippen LogP contribution is 2.17. The number of halogens is 2. The normalized spacial score (nSPS) is 10.5. The fourth-order valence-corrected chi connectivity index (χ4v) is 3.40. The molecule has 0 spiro atoms. The Morgan fingerprint density at radius 2 is 2.25 bits per heavy atom. The van der Waals surface area contributed by atoms with Gasteiger partial charge in [-0.2, -0.15) is 23.1 Å². The van der Waals surface area contributed by atoms with E-state index in [0.29, 0.717) is 12.1 Å². The number of thioether (sulfide) groups is 1. The Balaban J connectivity index is 1.72. The van der Waals surface area contributed by atoms with Crippen molar-refractivity contribution in [2.45, 2.75) is 5.75 Å². The van der Waals surface area contributed by atoms with Crippen molar-refractivity contribution in [3.63, 3.8) is 0 Å². The minimum Gasteiger partial charge on any atom is -0.351 e. The maximum atomic E-state index is 12.9. The Morgan fingerprint density at radius 1 is 1.40 bits per heavy atom. The number of thiophene rings is 1. The Hall–Kier alpha value is -1.04. The van der Waals surface area contributed by atoms with Gasteiger partial charge < -0.3 is 5.32 Å². The van der Waals surface area contributed by atoms with Crippen molar-refractivity contribution in [1.29, 1.82) is 0 Å². The lowest BCUT2D eigenvalue weighted by molar-refractivity contribution is 0.0956. The zero-order valence-electron chi connectivity index (χ0n) is 10.6. The smallest absolute Gasteiger partial charge is 0.252 e. The predicted molar refractivity (Wildman–Crippen MR) is 84.2 cm³/mol. The van der Waals surface area contributed by atoms with Gasteiger partial charge in [0.05, 0.1) is 10.6 Å². The van der Waals surface area contributed by atoms with Crippen LogP contribution in [-0.4, -0.2) is 18.2 Å². The molecule has 0 radical (unpaired) electrons. The summed E-state index contributed by atoms with van der Waals surface area (Å²) in [5, 5.41) is 7.07. The summed E-state index contributed by atoms with van der Waals surface area (Å²) in [6.45, 7) is 0.557. The zero-order valence-corrected chi connectivity index (χ0v) is 13.0. The van der Waals surface area contributed by atoms with Gasteiger partial charge in [-0.15, -0.1) is 0 Å². The number of amides is 1.